The Labute approximate surface area is 121 Å². The van der Waals surface area contributed by atoms with Gasteiger partial charge >= 0.3 is 0 Å². The Morgan fingerprint density at radius 1 is 1.25 bits per heavy atom. The zero-order valence-electron chi connectivity index (χ0n) is 12.3. The van der Waals surface area contributed by atoms with Gasteiger partial charge in [0.05, 0.1) is 19.3 Å². The van der Waals surface area contributed by atoms with E-state index in [1.54, 1.807) is 0 Å². The van der Waals surface area contributed by atoms with E-state index in [9.17, 15) is 5.11 Å². The van der Waals surface area contributed by atoms with Crippen molar-refractivity contribution >= 4 is 0 Å². The maximum absolute atomic E-state index is 10.1. The Bertz CT molecular complexity index is 366. The van der Waals surface area contributed by atoms with Crippen LogP contribution in [0.2, 0.25) is 0 Å². The van der Waals surface area contributed by atoms with Crippen LogP contribution in [0.3, 0.4) is 0 Å². The smallest absolute Gasteiger partial charge is 0.0791 e. The van der Waals surface area contributed by atoms with Crippen LogP contribution in [0.5, 0.6) is 0 Å². The molecule has 1 heterocycles. The summed E-state index contributed by atoms with van der Waals surface area (Å²) in [5.41, 5.74) is 1.33. The highest BCUT2D eigenvalue weighted by atomic mass is 16.5. The van der Waals surface area contributed by atoms with Gasteiger partial charge in [0.2, 0.25) is 0 Å². The third-order valence-electron chi connectivity index (χ3n) is 3.66. The topological polar surface area (TPSA) is 44.7 Å². The zero-order chi connectivity index (χ0) is 14.2. The van der Waals surface area contributed by atoms with Gasteiger partial charge in [-0.05, 0) is 18.9 Å². The lowest BCUT2D eigenvalue weighted by Gasteiger charge is -2.29. The second kappa shape index (κ2) is 8.37. The van der Waals surface area contributed by atoms with Gasteiger partial charge in [0, 0.05) is 32.2 Å². The highest BCUT2D eigenvalue weighted by Crippen LogP contribution is 2.03. The Morgan fingerprint density at radius 2 is 1.95 bits per heavy atom. The summed E-state index contributed by atoms with van der Waals surface area (Å²) in [7, 11) is 0. The first-order valence-electron chi connectivity index (χ1n) is 7.49. The van der Waals surface area contributed by atoms with Gasteiger partial charge < -0.3 is 15.2 Å². The van der Waals surface area contributed by atoms with Gasteiger partial charge in [0.1, 0.15) is 0 Å². The normalized spacial score (nSPS) is 19.7. The van der Waals surface area contributed by atoms with Crippen molar-refractivity contribution in [3.63, 3.8) is 0 Å². The Balaban J connectivity index is 1.63. The number of rotatable bonds is 7. The standard InChI is InChI=1S/C16H26N2O2/c1-14(11-15-5-3-2-4-6-15)17-12-16(19)13-18-7-9-20-10-8-18/h2-6,14,16-17,19H,7-13H2,1H3. The average Bonchev–Trinajstić information content (AvgIpc) is 2.47. The number of hydrogen-bond acceptors (Lipinski definition) is 4. The molecule has 1 aromatic rings. The average molecular weight is 278 g/mol. The molecule has 1 aliphatic heterocycles. The van der Waals surface area contributed by atoms with E-state index in [4.69, 9.17) is 4.74 Å². The minimum atomic E-state index is -0.314. The van der Waals surface area contributed by atoms with E-state index in [1.807, 2.05) is 6.07 Å². The van der Waals surface area contributed by atoms with E-state index < -0.39 is 0 Å². The first-order chi connectivity index (χ1) is 9.74. The number of morpholine rings is 1. The van der Waals surface area contributed by atoms with Crippen LogP contribution in [-0.4, -0.2) is 61.5 Å². The molecule has 0 saturated carbocycles. The fourth-order valence-corrected chi connectivity index (χ4v) is 2.52. The van der Waals surface area contributed by atoms with Crippen LogP contribution in [-0.2, 0) is 11.2 Å². The molecule has 2 N–H and O–H groups in total. The highest BCUT2D eigenvalue weighted by Gasteiger charge is 2.15. The van der Waals surface area contributed by atoms with Gasteiger partial charge in [-0.2, -0.15) is 0 Å². The lowest BCUT2D eigenvalue weighted by Crippen LogP contribution is -2.45. The quantitative estimate of drug-likeness (QED) is 0.778. The SMILES string of the molecule is CC(Cc1ccccc1)NCC(O)CN1CCOCC1. The summed E-state index contributed by atoms with van der Waals surface area (Å²) < 4.78 is 5.31. The molecule has 0 bridgehead atoms. The Kier molecular flexibility index (Phi) is 6.47. The minimum absolute atomic E-state index is 0.314. The molecule has 0 radical (unpaired) electrons. The molecule has 1 aromatic carbocycles. The first kappa shape index (κ1) is 15.4. The van der Waals surface area contributed by atoms with Crippen LogP contribution in [0, 0.1) is 0 Å². The number of nitrogens with zero attached hydrogens (tertiary/aromatic N) is 1. The van der Waals surface area contributed by atoms with Gasteiger partial charge in [-0.25, -0.2) is 0 Å². The molecule has 112 valence electrons. The van der Waals surface area contributed by atoms with Crippen molar-refractivity contribution in [1.29, 1.82) is 0 Å². The van der Waals surface area contributed by atoms with Gasteiger partial charge in [0.15, 0.2) is 0 Å². The number of nitrogens with one attached hydrogen (secondary N) is 1. The van der Waals surface area contributed by atoms with Gasteiger partial charge in [0.25, 0.3) is 0 Å². The van der Waals surface area contributed by atoms with Crippen molar-refractivity contribution in [1.82, 2.24) is 10.2 Å². The Hall–Kier alpha value is -0.940. The van der Waals surface area contributed by atoms with Crippen LogP contribution in [0.4, 0.5) is 0 Å². The van der Waals surface area contributed by atoms with Crippen molar-refractivity contribution in [3.8, 4) is 0 Å². The van der Waals surface area contributed by atoms with Gasteiger partial charge in [-0.3, -0.25) is 4.90 Å². The number of aliphatic hydroxyl groups is 1. The van der Waals surface area contributed by atoms with Crippen molar-refractivity contribution in [2.75, 3.05) is 39.4 Å². The number of β-amino-alcohol motifs (C(OH)–C–C–N with tert-alkyl or cyclic N) is 1. The van der Waals surface area contributed by atoms with Crippen molar-refractivity contribution in [2.45, 2.75) is 25.5 Å². The summed E-state index contributed by atoms with van der Waals surface area (Å²) in [6.07, 6.45) is 0.678. The van der Waals surface area contributed by atoms with E-state index >= 15 is 0 Å². The number of benzene rings is 1. The lowest BCUT2D eigenvalue weighted by atomic mass is 10.1. The molecule has 20 heavy (non-hydrogen) atoms. The molecule has 1 fully saturated rings. The zero-order valence-corrected chi connectivity index (χ0v) is 12.3. The fourth-order valence-electron chi connectivity index (χ4n) is 2.52. The van der Waals surface area contributed by atoms with Gasteiger partial charge in [-0.15, -0.1) is 0 Å². The lowest BCUT2D eigenvalue weighted by molar-refractivity contribution is 0.0145. The Morgan fingerprint density at radius 3 is 2.65 bits per heavy atom. The summed E-state index contributed by atoms with van der Waals surface area (Å²) in [6.45, 7) is 6.95. The maximum atomic E-state index is 10.1. The third kappa shape index (κ3) is 5.59. The van der Waals surface area contributed by atoms with Crippen molar-refractivity contribution in [2.24, 2.45) is 0 Å². The molecule has 0 amide bonds. The fraction of sp³-hybridized carbons (Fsp3) is 0.625. The maximum Gasteiger partial charge on any atom is 0.0791 e. The van der Waals surface area contributed by atoms with E-state index in [1.165, 1.54) is 5.56 Å². The number of ether oxygens (including phenoxy) is 1. The molecule has 4 heteroatoms. The van der Waals surface area contributed by atoms with Crippen LogP contribution < -0.4 is 5.32 Å². The summed E-state index contributed by atoms with van der Waals surface area (Å²) >= 11 is 0. The molecule has 4 nitrogen and oxygen atoms in total. The summed E-state index contributed by atoms with van der Waals surface area (Å²) in [5.74, 6) is 0. The van der Waals surface area contributed by atoms with E-state index in [0.29, 0.717) is 12.6 Å². The molecule has 1 saturated heterocycles. The van der Waals surface area contributed by atoms with Crippen LogP contribution >= 0.6 is 0 Å². The van der Waals surface area contributed by atoms with Crippen LogP contribution in [0.1, 0.15) is 12.5 Å². The molecule has 0 spiro atoms. The molecule has 1 aliphatic rings. The largest absolute Gasteiger partial charge is 0.390 e. The van der Waals surface area contributed by atoms with Crippen LogP contribution in [0.25, 0.3) is 0 Å². The van der Waals surface area contributed by atoms with Gasteiger partial charge in [-0.1, -0.05) is 30.3 Å². The van der Waals surface area contributed by atoms with E-state index in [-0.39, 0.29) is 6.10 Å². The van der Waals surface area contributed by atoms with Crippen LogP contribution in [0.15, 0.2) is 30.3 Å². The number of aliphatic hydroxyl groups excluding tert-OH is 1. The molecule has 0 aromatic heterocycles. The predicted octanol–water partition coefficient (Wildman–Crippen LogP) is 0.900. The molecular weight excluding hydrogens is 252 g/mol. The molecule has 0 aliphatic carbocycles. The minimum Gasteiger partial charge on any atom is -0.390 e. The monoisotopic (exact) mass is 278 g/mol. The molecule has 2 atom stereocenters. The molecular formula is C16H26N2O2. The van der Waals surface area contributed by atoms with E-state index in [0.717, 1.165) is 39.3 Å². The summed E-state index contributed by atoms with van der Waals surface area (Å²) in [4.78, 5) is 2.26. The highest BCUT2D eigenvalue weighted by molar-refractivity contribution is 5.15. The van der Waals surface area contributed by atoms with E-state index in [2.05, 4.69) is 41.4 Å². The summed E-state index contributed by atoms with van der Waals surface area (Å²) in [6, 6.07) is 10.8. The van der Waals surface area contributed by atoms with Crippen molar-refractivity contribution in [3.05, 3.63) is 35.9 Å². The second-order valence-corrected chi connectivity index (χ2v) is 5.57. The molecule has 2 rings (SSSR count). The second-order valence-electron chi connectivity index (χ2n) is 5.57. The van der Waals surface area contributed by atoms with Crippen molar-refractivity contribution < 1.29 is 9.84 Å². The first-order valence-corrected chi connectivity index (χ1v) is 7.49. The number of hydrogen-bond donors (Lipinski definition) is 2. The third-order valence-corrected chi connectivity index (χ3v) is 3.66. The predicted molar refractivity (Wildman–Crippen MR) is 80.9 cm³/mol. The summed E-state index contributed by atoms with van der Waals surface area (Å²) in [5, 5.41) is 13.5. The molecule has 2 unspecified atom stereocenters.